The molecule has 0 radical (unpaired) electrons. The molecule has 0 aromatic heterocycles. The second kappa shape index (κ2) is 10.6. The molecule has 3 aromatic carbocycles. The monoisotopic (exact) mass is 469 g/mol. The molecule has 32 heavy (non-hydrogen) atoms. The first-order valence-electron chi connectivity index (χ1n) is 9.86. The Labute approximate surface area is 193 Å². The molecular formula is C25H24ClNO4S. The van der Waals surface area contributed by atoms with Crippen LogP contribution in [-0.4, -0.2) is 26.1 Å². The summed E-state index contributed by atoms with van der Waals surface area (Å²) in [6.07, 6.45) is 8.43. The molecule has 5 nitrogen and oxygen atoms in total. The topological polar surface area (TPSA) is 66.8 Å². The van der Waals surface area contributed by atoms with Crippen LogP contribution in [0.4, 0.5) is 5.69 Å². The van der Waals surface area contributed by atoms with Gasteiger partial charge in [0.15, 0.2) is 0 Å². The van der Waals surface area contributed by atoms with E-state index >= 15 is 0 Å². The molecule has 0 spiro atoms. The van der Waals surface area contributed by atoms with Crippen LogP contribution >= 0.6 is 11.6 Å². The van der Waals surface area contributed by atoms with Crippen molar-refractivity contribution in [2.75, 3.05) is 12.2 Å². The number of fused-ring (bicyclic) bond motifs is 1. The van der Waals surface area contributed by atoms with E-state index in [-0.39, 0.29) is 10.9 Å². The van der Waals surface area contributed by atoms with Gasteiger partial charge in [-0.05, 0) is 48.4 Å². The molecule has 1 aliphatic rings. The number of rotatable bonds is 4. The van der Waals surface area contributed by atoms with Gasteiger partial charge in [0.25, 0.3) is 10.1 Å². The van der Waals surface area contributed by atoms with Gasteiger partial charge in [-0.2, -0.15) is 8.42 Å². The number of hydrogen-bond donors (Lipinski definition) is 1. The average Bonchev–Trinajstić information content (AvgIpc) is 2.78. The minimum Gasteiger partial charge on any atom is -0.282 e. The SMILES string of the molecule is CON1c2ccccc2C=CC1/C=C/c1ccc(Cl)cc1.Cc1ccc(S(=O)(=O)O)cc1. The van der Waals surface area contributed by atoms with E-state index in [4.69, 9.17) is 21.0 Å². The number of nitrogens with zero attached hydrogens (tertiary/aromatic N) is 1. The highest BCUT2D eigenvalue weighted by atomic mass is 35.5. The molecule has 166 valence electrons. The largest absolute Gasteiger partial charge is 0.294 e. The first kappa shape index (κ1) is 23.8. The van der Waals surface area contributed by atoms with Crippen molar-refractivity contribution in [1.29, 1.82) is 0 Å². The summed E-state index contributed by atoms with van der Waals surface area (Å²) in [5.74, 6) is 0. The van der Waals surface area contributed by atoms with E-state index in [1.807, 2.05) is 48.4 Å². The molecule has 1 aliphatic heterocycles. The molecule has 1 unspecified atom stereocenters. The maximum atomic E-state index is 10.5. The molecule has 0 saturated heterocycles. The van der Waals surface area contributed by atoms with E-state index < -0.39 is 10.1 Å². The van der Waals surface area contributed by atoms with E-state index in [2.05, 4.69) is 36.4 Å². The number of halogens is 1. The first-order chi connectivity index (χ1) is 15.3. The number of hydroxylamine groups is 1. The summed E-state index contributed by atoms with van der Waals surface area (Å²) in [6.45, 7) is 1.84. The molecule has 0 fully saturated rings. The standard InChI is InChI=1S/C18H16ClNO.C7H8O3S/c1-21-20-17(12-8-14-6-10-16(19)11-7-14)13-9-15-4-2-3-5-18(15)20;1-6-2-4-7(5-3-6)11(8,9)10/h2-13,17H,1H3;2-5H,1H3,(H,8,9,10)/b12-8+;. The summed E-state index contributed by atoms with van der Waals surface area (Å²) in [5.41, 5.74) is 4.31. The lowest BCUT2D eigenvalue weighted by Crippen LogP contribution is -2.33. The lowest BCUT2D eigenvalue weighted by molar-refractivity contribution is 0.160. The molecule has 1 N–H and O–H groups in total. The number of anilines is 1. The van der Waals surface area contributed by atoms with Crippen molar-refractivity contribution in [3.63, 3.8) is 0 Å². The van der Waals surface area contributed by atoms with Crippen molar-refractivity contribution in [2.24, 2.45) is 0 Å². The molecule has 1 heterocycles. The van der Waals surface area contributed by atoms with Gasteiger partial charge in [-0.3, -0.25) is 9.39 Å². The summed E-state index contributed by atoms with van der Waals surface area (Å²) < 4.78 is 29.6. The van der Waals surface area contributed by atoms with Crippen LogP contribution in [0.25, 0.3) is 12.2 Å². The van der Waals surface area contributed by atoms with Crippen molar-refractivity contribution in [2.45, 2.75) is 17.9 Å². The Morgan fingerprint density at radius 2 is 1.66 bits per heavy atom. The predicted octanol–water partition coefficient (Wildman–Crippen LogP) is 6.06. The molecular weight excluding hydrogens is 446 g/mol. The number of para-hydroxylation sites is 1. The second-order valence-electron chi connectivity index (χ2n) is 7.12. The first-order valence-corrected chi connectivity index (χ1v) is 11.7. The minimum atomic E-state index is -4.02. The van der Waals surface area contributed by atoms with Crippen LogP contribution in [-0.2, 0) is 15.0 Å². The lowest BCUT2D eigenvalue weighted by atomic mass is 10.0. The Morgan fingerprint density at radius 3 is 2.28 bits per heavy atom. The molecule has 4 rings (SSSR count). The number of aryl methyl sites for hydroxylation is 1. The average molecular weight is 470 g/mol. The quantitative estimate of drug-likeness (QED) is 0.470. The molecule has 0 bridgehead atoms. The van der Waals surface area contributed by atoms with Gasteiger partial charge in [-0.15, -0.1) is 0 Å². The lowest BCUT2D eigenvalue weighted by Gasteiger charge is -2.31. The summed E-state index contributed by atoms with van der Waals surface area (Å²) in [5, 5.41) is 2.65. The van der Waals surface area contributed by atoms with E-state index in [1.54, 1.807) is 19.2 Å². The van der Waals surface area contributed by atoms with Gasteiger partial charge >= 0.3 is 0 Å². The van der Waals surface area contributed by atoms with Gasteiger partial charge in [0.1, 0.15) is 0 Å². The zero-order chi connectivity index (χ0) is 23.1. The Hall–Kier alpha value is -2.90. The molecule has 7 heteroatoms. The number of benzene rings is 3. The van der Waals surface area contributed by atoms with Crippen molar-refractivity contribution in [3.8, 4) is 0 Å². The fourth-order valence-corrected chi connectivity index (χ4v) is 3.73. The van der Waals surface area contributed by atoms with E-state index in [0.717, 1.165) is 27.4 Å². The van der Waals surface area contributed by atoms with Crippen molar-refractivity contribution in [1.82, 2.24) is 0 Å². The van der Waals surface area contributed by atoms with Gasteiger partial charge in [-0.1, -0.05) is 83.9 Å². The van der Waals surface area contributed by atoms with E-state index in [0.29, 0.717) is 0 Å². The molecule has 0 amide bonds. The Bertz CT molecular complexity index is 1200. The van der Waals surface area contributed by atoms with Gasteiger partial charge in [0.2, 0.25) is 0 Å². The molecule has 0 saturated carbocycles. The van der Waals surface area contributed by atoms with Crippen LogP contribution in [0.15, 0.2) is 89.8 Å². The van der Waals surface area contributed by atoms with Gasteiger partial charge in [-0.25, -0.2) is 5.06 Å². The van der Waals surface area contributed by atoms with Crippen LogP contribution in [0.2, 0.25) is 5.02 Å². The third kappa shape index (κ3) is 6.31. The smallest absolute Gasteiger partial charge is 0.282 e. The maximum Gasteiger partial charge on any atom is 0.294 e. The highest BCUT2D eigenvalue weighted by Crippen LogP contribution is 2.29. The van der Waals surface area contributed by atoms with Gasteiger partial charge in [0.05, 0.1) is 23.7 Å². The van der Waals surface area contributed by atoms with E-state index in [9.17, 15) is 8.42 Å². The van der Waals surface area contributed by atoms with Crippen LogP contribution in [0, 0.1) is 6.92 Å². The molecule has 0 aliphatic carbocycles. The molecule has 3 aromatic rings. The fraction of sp³-hybridized carbons (Fsp3) is 0.120. The highest BCUT2D eigenvalue weighted by Gasteiger charge is 2.20. The zero-order valence-corrected chi connectivity index (χ0v) is 19.3. The number of hydrogen-bond acceptors (Lipinski definition) is 4. The maximum absolute atomic E-state index is 10.5. The summed E-state index contributed by atoms with van der Waals surface area (Å²) in [4.78, 5) is 5.48. The van der Waals surface area contributed by atoms with Crippen LogP contribution in [0.1, 0.15) is 16.7 Å². The fourth-order valence-electron chi connectivity index (χ4n) is 3.13. The van der Waals surface area contributed by atoms with Crippen LogP contribution in [0.3, 0.4) is 0 Å². The van der Waals surface area contributed by atoms with Gasteiger partial charge in [0, 0.05) is 5.02 Å². The van der Waals surface area contributed by atoms with Crippen molar-refractivity contribution in [3.05, 3.63) is 107 Å². The summed E-state index contributed by atoms with van der Waals surface area (Å²) >= 11 is 5.90. The summed E-state index contributed by atoms with van der Waals surface area (Å²) in [6, 6.07) is 22.0. The zero-order valence-electron chi connectivity index (χ0n) is 17.7. The Kier molecular flexibility index (Phi) is 7.88. The summed E-state index contributed by atoms with van der Waals surface area (Å²) in [7, 11) is -2.33. The van der Waals surface area contributed by atoms with Gasteiger partial charge < -0.3 is 0 Å². The van der Waals surface area contributed by atoms with Crippen LogP contribution < -0.4 is 5.06 Å². The van der Waals surface area contributed by atoms with Crippen LogP contribution in [0.5, 0.6) is 0 Å². The Balaban J connectivity index is 0.000000222. The van der Waals surface area contributed by atoms with E-state index in [1.165, 1.54) is 12.1 Å². The second-order valence-corrected chi connectivity index (χ2v) is 8.97. The van der Waals surface area contributed by atoms with Crippen molar-refractivity contribution >= 4 is 39.6 Å². The third-order valence-electron chi connectivity index (χ3n) is 4.79. The molecule has 1 atom stereocenters. The Morgan fingerprint density at radius 1 is 1.00 bits per heavy atom. The van der Waals surface area contributed by atoms with Crippen molar-refractivity contribution < 1.29 is 17.8 Å². The minimum absolute atomic E-state index is 0.0666. The third-order valence-corrected chi connectivity index (χ3v) is 5.91. The predicted molar refractivity (Wildman–Crippen MR) is 130 cm³/mol. The highest BCUT2D eigenvalue weighted by molar-refractivity contribution is 7.85. The normalized spacial score (nSPS) is 15.2.